The highest BCUT2D eigenvalue weighted by Gasteiger charge is 2.00. The van der Waals surface area contributed by atoms with Crippen LogP contribution in [0, 0.1) is 6.92 Å². The molecule has 0 saturated heterocycles. The molecule has 1 heterocycles. The van der Waals surface area contributed by atoms with E-state index in [2.05, 4.69) is 15.4 Å². The average molecular weight is 216 g/mol. The molecule has 1 aromatic heterocycles. The first kappa shape index (κ1) is 10.4. The molecular formula is C11H12N4O. The van der Waals surface area contributed by atoms with Crippen LogP contribution < -0.4 is 16.0 Å². The lowest BCUT2D eigenvalue weighted by atomic mass is 10.2. The summed E-state index contributed by atoms with van der Waals surface area (Å²) in [5, 5.41) is 0. The monoisotopic (exact) mass is 216 g/mol. The number of hydrazine groups is 1. The maximum absolute atomic E-state index is 5.53. The fraction of sp³-hybridized carbons (Fsp3) is 0.0909. The van der Waals surface area contributed by atoms with Crippen molar-refractivity contribution in [3.8, 4) is 11.6 Å². The average Bonchev–Trinajstić information content (AvgIpc) is 2.32. The first-order valence-corrected chi connectivity index (χ1v) is 4.82. The van der Waals surface area contributed by atoms with Crippen molar-refractivity contribution in [2.24, 2.45) is 5.84 Å². The molecule has 0 spiro atoms. The van der Waals surface area contributed by atoms with Gasteiger partial charge in [-0.3, -0.25) is 5.43 Å². The van der Waals surface area contributed by atoms with Crippen LogP contribution in [-0.4, -0.2) is 9.97 Å². The zero-order valence-electron chi connectivity index (χ0n) is 8.84. The number of nitrogens with one attached hydrogen (secondary N) is 1. The van der Waals surface area contributed by atoms with Gasteiger partial charge >= 0.3 is 0 Å². The number of benzene rings is 1. The van der Waals surface area contributed by atoms with Crippen LogP contribution in [0.15, 0.2) is 36.5 Å². The largest absolute Gasteiger partial charge is 0.439 e. The van der Waals surface area contributed by atoms with Crippen LogP contribution in [0.1, 0.15) is 5.56 Å². The second-order valence-electron chi connectivity index (χ2n) is 3.28. The van der Waals surface area contributed by atoms with Crippen molar-refractivity contribution in [3.05, 3.63) is 42.1 Å². The molecule has 16 heavy (non-hydrogen) atoms. The van der Waals surface area contributed by atoms with Crippen LogP contribution in [0.3, 0.4) is 0 Å². The predicted molar refractivity (Wildman–Crippen MR) is 61.1 cm³/mol. The Morgan fingerprint density at radius 3 is 2.62 bits per heavy atom. The first-order chi connectivity index (χ1) is 7.78. The summed E-state index contributed by atoms with van der Waals surface area (Å²) in [6, 6.07) is 9.37. The third-order valence-corrected chi connectivity index (χ3v) is 2.00. The van der Waals surface area contributed by atoms with E-state index in [1.54, 1.807) is 12.3 Å². The van der Waals surface area contributed by atoms with Crippen molar-refractivity contribution >= 4 is 5.95 Å². The Labute approximate surface area is 93.3 Å². The van der Waals surface area contributed by atoms with Crippen LogP contribution in [0.5, 0.6) is 11.6 Å². The molecule has 0 aliphatic rings. The molecule has 2 aromatic rings. The third-order valence-electron chi connectivity index (χ3n) is 2.00. The van der Waals surface area contributed by atoms with Gasteiger partial charge in [0.05, 0.1) is 0 Å². The zero-order valence-corrected chi connectivity index (χ0v) is 8.84. The molecular weight excluding hydrogens is 204 g/mol. The maximum Gasteiger partial charge on any atom is 0.240 e. The van der Waals surface area contributed by atoms with Gasteiger partial charge in [0.15, 0.2) is 0 Å². The molecule has 5 nitrogen and oxygen atoms in total. The van der Waals surface area contributed by atoms with Crippen LogP contribution in [0.4, 0.5) is 5.95 Å². The second-order valence-corrected chi connectivity index (χ2v) is 3.28. The number of rotatable bonds is 3. The van der Waals surface area contributed by atoms with E-state index in [1.807, 2.05) is 31.2 Å². The van der Waals surface area contributed by atoms with Crippen molar-refractivity contribution in [2.45, 2.75) is 6.92 Å². The van der Waals surface area contributed by atoms with Crippen molar-refractivity contribution < 1.29 is 4.74 Å². The summed E-state index contributed by atoms with van der Waals surface area (Å²) in [6.07, 6.45) is 1.58. The second kappa shape index (κ2) is 4.59. The molecule has 5 heteroatoms. The SMILES string of the molecule is Cc1ccc(Oc2ccnc(NN)n2)cc1. The number of hydrogen-bond acceptors (Lipinski definition) is 5. The minimum Gasteiger partial charge on any atom is -0.439 e. The first-order valence-electron chi connectivity index (χ1n) is 4.82. The van der Waals surface area contributed by atoms with Gasteiger partial charge in [0.25, 0.3) is 0 Å². The van der Waals surface area contributed by atoms with Crippen molar-refractivity contribution in [1.29, 1.82) is 0 Å². The summed E-state index contributed by atoms with van der Waals surface area (Å²) in [7, 11) is 0. The van der Waals surface area contributed by atoms with E-state index < -0.39 is 0 Å². The lowest BCUT2D eigenvalue weighted by molar-refractivity contribution is 0.462. The summed E-state index contributed by atoms with van der Waals surface area (Å²) < 4.78 is 5.53. The molecule has 1 aromatic carbocycles. The molecule has 3 N–H and O–H groups in total. The molecule has 0 atom stereocenters. The quantitative estimate of drug-likeness (QED) is 0.605. The Balaban J connectivity index is 2.16. The maximum atomic E-state index is 5.53. The number of anilines is 1. The number of ether oxygens (including phenoxy) is 1. The van der Waals surface area contributed by atoms with E-state index in [0.717, 1.165) is 5.75 Å². The number of nitrogen functional groups attached to an aromatic ring is 1. The summed E-state index contributed by atoms with van der Waals surface area (Å²) in [5.41, 5.74) is 3.54. The summed E-state index contributed by atoms with van der Waals surface area (Å²) >= 11 is 0. The lowest BCUT2D eigenvalue weighted by Crippen LogP contribution is -2.10. The van der Waals surface area contributed by atoms with Crippen molar-refractivity contribution in [1.82, 2.24) is 9.97 Å². The summed E-state index contributed by atoms with van der Waals surface area (Å²) in [6.45, 7) is 2.02. The van der Waals surface area contributed by atoms with Gasteiger partial charge in [0, 0.05) is 12.3 Å². The number of aryl methyl sites for hydroxylation is 1. The normalized spacial score (nSPS) is 9.88. The van der Waals surface area contributed by atoms with Gasteiger partial charge in [-0.15, -0.1) is 0 Å². The lowest BCUT2D eigenvalue weighted by Gasteiger charge is -2.05. The van der Waals surface area contributed by atoms with E-state index >= 15 is 0 Å². The molecule has 82 valence electrons. The van der Waals surface area contributed by atoms with Crippen LogP contribution in [0.2, 0.25) is 0 Å². The van der Waals surface area contributed by atoms with Gasteiger partial charge in [-0.25, -0.2) is 10.8 Å². The molecule has 0 bridgehead atoms. The van der Waals surface area contributed by atoms with Crippen molar-refractivity contribution in [2.75, 3.05) is 5.43 Å². The molecule has 0 radical (unpaired) electrons. The van der Waals surface area contributed by atoms with Gasteiger partial charge in [-0.2, -0.15) is 4.98 Å². The fourth-order valence-corrected chi connectivity index (χ4v) is 1.20. The predicted octanol–water partition coefficient (Wildman–Crippen LogP) is 1.86. The molecule has 0 aliphatic heterocycles. The van der Waals surface area contributed by atoms with Crippen LogP contribution >= 0.6 is 0 Å². The third kappa shape index (κ3) is 2.46. The molecule has 0 aliphatic carbocycles. The minimum absolute atomic E-state index is 0.324. The van der Waals surface area contributed by atoms with Gasteiger partial charge < -0.3 is 4.74 Å². The van der Waals surface area contributed by atoms with E-state index in [1.165, 1.54) is 5.56 Å². The number of aromatic nitrogens is 2. The molecule has 0 fully saturated rings. The van der Waals surface area contributed by atoms with Crippen LogP contribution in [-0.2, 0) is 0 Å². The van der Waals surface area contributed by atoms with Crippen molar-refractivity contribution in [3.63, 3.8) is 0 Å². The zero-order chi connectivity index (χ0) is 11.4. The number of nitrogens with zero attached hydrogens (tertiary/aromatic N) is 2. The highest BCUT2D eigenvalue weighted by atomic mass is 16.5. The highest BCUT2D eigenvalue weighted by Crippen LogP contribution is 2.19. The fourth-order valence-electron chi connectivity index (χ4n) is 1.20. The Kier molecular flexibility index (Phi) is 2.98. The van der Waals surface area contributed by atoms with Gasteiger partial charge in [0.1, 0.15) is 5.75 Å². The standard InChI is InChI=1S/C11H12N4O/c1-8-2-4-9(5-3-8)16-10-6-7-13-11(14-10)15-12/h2-7H,12H2,1H3,(H,13,14,15). The van der Waals surface area contributed by atoms with E-state index in [4.69, 9.17) is 10.6 Å². The van der Waals surface area contributed by atoms with E-state index in [0.29, 0.717) is 11.8 Å². The summed E-state index contributed by atoms with van der Waals surface area (Å²) in [4.78, 5) is 7.93. The molecule has 0 unspecified atom stereocenters. The van der Waals surface area contributed by atoms with Gasteiger partial charge in [0.2, 0.25) is 11.8 Å². The Hall–Kier alpha value is -2.14. The van der Waals surface area contributed by atoms with Gasteiger partial charge in [-0.1, -0.05) is 17.7 Å². The van der Waals surface area contributed by atoms with E-state index in [-0.39, 0.29) is 0 Å². The molecule has 2 rings (SSSR count). The number of hydrogen-bond donors (Lipinski definition) is 2. The Morgan fingerprint density at radius 2 is 1.94 bits per heavy atom. The van der Waals surface area contributed by atoms with Gasteiger partial charge in [-0.05, 0) is 19.1 Å². The Morgan fingerprint density at radius 1 is 1.19 bits per heavy atom. The molecule has 0 saturated carbocycles. The molecule has 0 amide bonds. The Bertz CT molecular complexity index is 470. The topological polar surface area (TPSA) is 73.1 Å². The summed E-state index contributed by atoms with van der Waals surface area (Å²) in [5.74, 6) is 6.70. The van der Waals surface area contributed by atoms with Crippen LogP contribution in [0.25, 0.3) is 0 Å². The minimum atomic E-state index is 0.324. The number of nitrogens with two attached hydrogens (primary N) is 1. The smallest absolute Gasteiger partial charge is 0.240 e. The highest BCUT2D eigenvalue weighted by molar-refractivity contribution is 5.32. The van der Waals surface area contributed by atoms with E-state index in [9.17, 15) is 0 Å².